The van der Waals surface area contributed by atoms with Crippen LogP contribution in [0.15, 0.2) is 18.2 Å². The third-order valence-corrected chi connectivity index (χ3v) is 4.30. The molecule has 1 saturated heterocycles. The number of benzene rings is 1. The third kappa shape index (κ3) is 3.39. The highest BCUT2D eigenvalue weighted by molar-refractivity contribution is 6.30. The lowest BCUT2D eigenvalue weighted by Crippen LogP contribution is -2.41. The number of amides is 1. The van der Waals surface area contributed by atoms with E-state index in [4.69, 9.17) is 27.9 Å². The summed E-state index contributed by atoms with van der Waals surface area (Å²) in [5, 5.41) is 0.558. The maximum absolute atomic E-state index is 12.8. The molecule has 1 amide bonds. The number of alkyl halides is 1. The van der Waals surface area contributed by atoms with E-state index in [0.717, 1.165) is 32.2 Å². The Morgan fingerprint density at radius 2 is 2.20 bits per heavy atom. The molecule has 0 bridgehead atoms. The average molecular weight is 316 g/mol. The summed E-state index contributed by atoms with van der Waals surface area (Å²) in [7, 11) is 1.55. The van der Waals surface area contributed by atoms with Gasteiger partial charge in [0.2, 0.25) is 0 Å². The minimum absolute atomic E-state index is 0.0222. The Bertz CT molecular complexity index is 479. The molecule has 2 rings (SSSR count). The summed E-state index contributed by atoms with van der Waals surface area (Å²) in [6.07, 6.45) is 4.26. The number of hydrogen-bond donors (Lipinski definition) is 0. The van der Waals surface area contributed by atoms with E-state index >= 15 is 0 Å². The molecule has 1 heterocycles. The van der Waals surface area contributed by atoms with Crippen LogP contribution in [0.2, 0.25) is 5.02 Å². The van der Waals surface area contributed by atoms with E-state index in [1.54, 1.807) is 25.3 Å². The van der Waals surface area contributed by atoms with Crippen molar-refractivity contribution in [2.24, 2.45) is 0 Å². The molecule has 0 radical (unpaired) electrons. The van der Waals surface area contributed by atoms with Crippen molar-refractivity contribution in [3.8, 4) is 5.75 Å². The summed E-state index contributed by atoms with van der Waals surface area (Å²) >= 11 is 12.0. The van der Waals surface area contributed by atoms with Gasteiger partial charge in [-0.15, -0.1) is 11.6 Å². The SMILES string of the molecule is COc1cc(Cl)ccc1C(=O)N1CCCCCC1CCl. The first-order valence-corrected chi connectivity index (χ1v) is 7.79. The van der Waals surface area contributed by atoms with Crippen LogP contribution in [0.25, 0.3) is 0 Å². The number of methoxy groups -OCH3 is 1. The topological polar surface area (TPSA) is 29.5 Å². The van der Waals surface area contributed by atoms with Crippen molar-refractivity contribution in [1.29, 1.82) is 0 Å². The van der Waals surface area contributed by atoms with Crippen molar-refractivity contribution in [2.45, 2.75) is 31.7 Å². The first kappa shape index (κ1) is 15.5. The van der Waals surface area contributed by atoms with Crippen molar-refractivity contribution in [2.75, 3.05) is 19.5 Å². The zero-order valence-electron chi connectivity index (χ0n) is 11.6. The van der Waals surface area contributed by atoms with Gasteiger partial charge < -0.3 is 9.64 Å². The van der Waals surface area contributed by atoms with Crippen LogP contribution in [-0.2, 0) is 0 Å². The quantitative estimate of drug-likeness (QED) is 0.790. The molecule has 0 aromatic heterocycles. The Balaban J connectivity index is 2.28. The molecule has 3 nitrogen and oxygen atoms in total. The standard InChI is InChI=1S/C15H19Cl2NO2/c1-20-14-9-11(17)6-7-13(14)15(19)18-8-4-2-3-5-12(18)10-16/h6-7,9,12H,2-5,8,10H2,1H3. The van der Waals surface area contributed by atoms with Gasteiger partial charge in [0, 0.05) is 23.5 Å². The first-order valence-electron chi connectivity index (χ1n) is 6.88. The van der Waals surface area contributed by atoms with E-state index in [1.807, 2.05) is 4.90 Å². The molecule has 0 N–H and O–H groups in total. The van der Waals surface area contributed by atoms with E-state index < -0.39 is 0 Å². The number of carbonyl (C=O) groups is 1. The molecule has 20 heavy (non-hydrogen) atoms. The number of ether oxygens (including phenoxy) is 1. The molecule has 0 aliphatic carbocycles. The molecule has 1 aliphatic rings. The molecule has 110 valence electrons. The Labute approximate surface area is 129 Å². The molecule has 1 atom stereocenters. The van der Waals surface area contributed by atoms with Gasteiger partial charge in [-0.2, -0.15) is 0 Å². The molecule has 0 spiro atoms. The Morgan fingerprint density at radius 1 is 1.40 bits per heavy atom. The highest BCUT2D eigenvalue weighted by Crippen LogP contribution is 2.27. The molecular formula is C15H19Cl2NO2. The average Bonchev–Trinajstić information content (AvgIpc) is 2.71. The fraction of sp³-hybridized carbons (Fsp3) is 0.533. The monoisotopic (exact) mass is 315 g/mol. The maximum Gasteiger partial charge on any atom is 0.257 e. The van der Waals surface area contributed by atoms with Crippen LogP contribution >= 0.6 is 23.2 Å². The number of halogens is 2. The zero-order valence-corrected chi connectivity index (χ0v) is 13.1. The highest BCUT2D eigenvalue weighted by atomic mass is 35.5. The van der Waals surface area contributed by atoms with Gasteiger partial charge in [-0.25, -0.2) is 0 Å². The van der Waals surface area contributed by atoms with Crippen LogP contribution in [-0.4, -0.2) is 36.4 Å². The van der Waals surface area contributed by atoms with Crippen molar-refractivity contribution in [3.05, 3.63) is 28.8 Å². The smallest absolute Gasteiger partial charge is 0.257 e. The number of nitrogens with zero attached hydrogens (tertiary/aromatic N) is 1. The predicted octanol–water partition coefficient (Wildman–Crippen LogP) is 3.97. The molecule has 1 unspecified atom stereocenters. The molecule has 1 aromatic rings. The van der Waals surface area contributed by atoms with Gasteiger partial charge in [-0.1, -0.05) is 24.4 Å². The Morgan fingerprint density at radius 3 is 2.90 bits per heavy atom. The van der Waals surface area contributed by atoms with Gasteiger partial charge in [-0.05, 0) is 31.0 Å². The van der Waals surface area contributed by atoms with Gasteiger partial charge >= 0.3 is 0 Å². The van der Waals surface area contributed by atoms with E-state index in [0.29, 0.717) is 22.2 Å². The van der Waals surface area contributed by atoms with Crippen LogP contribution in [0.4, 0.5) is 0 Å². The molecule has 1 fully saturated rings. The summed E-state index contributed by atoms with van der Waals surface area (Å²) in [5.41, 5.74) is 0.550. The minimum Gasteiger partial charge on any atom is -0.496 e. The van der Waals surface area contributed by atoms with Crippen molar-refractivity contribution < 1.29 is 9.53 Å². The van der Waals surface area contributed by atoms with Gasteiger partial charge in [0.25, 0.3) is 5.91 Å². The van der Waals surface area contributed by atoms with Crippen molar-refractivity contribution >= 4 is 29.1 Å². The van der Waals surface area contributed by atoms with Gasteiger partial charge in [0.1, 0.15) is 5.75 Å². The fourth-order valence-electron chi connectivity index (χ4n) is 2.60. The molecular weight excluding hydrogens is 297 g/mol. The lowest BCUT2D eigenvalue weighted by Gasteiger charge is -2.29. The normalized spacial score (nSPS) is 19.6. The summed E-state index contributed by atoms with van der Waals surface area (Å²) < 4.78 is 5.27. The summed E-state index contributed by atoms with van der Waals surface area (Å²) in [4.78, 5) is 14.6. The van der Waals surface area contributed by atoms with Crippen LogP contribution in [0.5, 0.6) is 5.75 Å². The highest BCUT2D eigenvalue weighted by Gasteiger charge is 2.27. The number of carbonyl (C=O) groups excluding carboxylic acids is 1. The number of rotatable bonds is 3. The van der Waals surface area contributed by atoms with Crippen LogP contribution in [0.3, 0.4) is 0 Å². The summed E-state index contributed by atoms with van der Waals surface area (Å²) in [5.74, 6) is 0.966. The van der Waals surface area contributed by atoms with E-state index in [9.17, 15) is 4.79 Å². The Kier molecular flexibility index (Phi) is 5.55. The third-order valence-electron chi connectivity index (χ3n) is 3.71. The van der Waals surface area contributed by atoms with E-state index in [-0.39, 0.29) is 11.9 Å². The van der Waals surface area contributed by atoms with Crippen molar-refractivity contribution in [3.63, 3.8) is 0 Å². The lowest BCUT2D eigenvalue weighted by atomic mass is 10.1. The van der Waals surface area contributed by atoms with Gasteiger partial charge in [0.15, 0.2) is 0 Å². The van der Waals surface area contributed by atoms with Crippen LogP contribution in [0, 0.1) is 0 Å². The molecule has 1 aliphatic heterocycles. The van der Waals surface area contributed by atoms with E-state index in [1.165, 1.54) is 0 Å². The minimum atomic E-state index is -0.0222. The first-order chi connectivity index (χ1) is 9.67. The maximum atomic E-state index is 12.8. The van der Waals surface area contributed by atoms with E-state index in [2.05, 4.69) is 0 Å². The molecule has 1 aromatic carbocycles. The second-order valence-electron chi connectivity index (χ2n) is 5.00. The second kappa shape index (κ2) is 7.19. The lowest BCUT2D eigenvalue weighted by molar-refractivity contribution is 0.0697. The van der Waals surface area contributed by atoms with Crippen LogP contribution in [0.1, 0.15) is 36.0 Å². The number of hydrogen-bond acceptors (Lipinski definition) is 2. The van der Waals surface area contributed by atoms with Gasteiger partial charge in [-0.3, -0.25) is 4.79 Å². The van der Waals surface area contributed by atoms with Crippen LogP contribution < -0.4 is 4.74 Å². The van der Waals surface area contributed by atoms with Crippen molar-refractivity contribution in [1.82, 2.24) is 4.90 Å². The second-order valence-corrected chi connectivity index (χ2v) is 5.75. The largest absolute Gasteiger partial charge is 0.496 e. The zero-order chi connectivity index (χ0) is 14.5. The van der Waals surface area contributed by atoms with Gasteiger partial charge in [0.05, 0.1) is 12.7 Å². The Hall–Kier alpha value is -0.930. The summed E-state index contributed by atoms with van der Waals surface area (Å²) in [6.45, 7) is 0.752. The number of likely N-dealkylation sites (tertiary alicyclic amines) is 1. The predicted molar refractivity (Wildman–Crippen MR) is 82.0 cm³/mol. The molecule has 0 saturated carbocycles. The summed E-state index contributed by atoms with van der Waals surface area (Å²) in [6, 6.07) is 5.21. The fourth-order valence-corrected chi connectivity index (χ4v) is 3.08. The molecule has 5 heteroatoms.